The van der Waals surface area contributed by atoms with Crippen LogP contribution < -0.4 is 0 Å². The predicted octanol–water partition coefficient (Wildman–Crippen LogP) is 1.72. The average molecular weight is 346 g/mol. The molecular formula is C17H18N2O6. The van der Waals surface area contributed by atoms with Crippen molar-refractivity contribution < 1.29 is 28.6 Å². The van der Waals surface area contributed by atoms with Crippen molar-refractivity contribution in [1.29, 1.82) is 0 Å². The monoisotopic (exact) mass is 346 g/mol. The van der Waals surface area contributed by atoms with Crippen molar-refractivity contribution >= 4 is 17.9 Å². The fraction of sp³-hybridized carbons (Fsp3) is 0.353. The van der Waals surface area contributed by atoms with Gasteiger partial charge in [-0.3, -0.25) is 0 Å². The van der Waals surface area contributed by atoms with Crippen LogP contribution in [0.25, 0.3) is 11.4 Å². The van der Waals surface area contributed by atoms with E-state index in [0.29, 0.717) is 24.5 Å². The molecule has 0 atom stereocenters. The fourth-order valence-corrected chi connectivity index (χ4v) is 3.15. The summed E-state index contributed by atoms with van der Waals surface area (Å²) in [6, 6.07) is 3.65. The summed E-state index contributed by atoms with van der Waals surface area (Å²) in [6.07, 6.45) is 1.87. The molecule has 0 unspecified atom stereocenters. The van der Waals surface area contributed by atoms with Crippen LogP contribution in [0.4, 0.5) is 0 Å². The van der Waals surface area contributed by atoms with Crippen LogP contribution in [-0.2, 0) is 27.3 Å². The number of ether oxygens (including phenoxy) is 3. The quantitative estimate of drug-likeness (QED) is 0.619. The van der Waals surface area contributed by atoms with Gasteiger partial charge in [-0.25, -0.2) is 14.4 Å². The molecule has 8 heteroatoms. The van der Waals surface area contributed by atoms with Gasteiger partial charge in [0.15, 0.2) is 0 Å². The normalized spacial score (nSPS) is 12.1. The van der Waals surface area contributed by atoms with Crippen LogP contribution in [0.15, 0.2) is 18.3 Å². The summed E-state index contributed by atoms with van der Waals surface area (Å²) in [5.74, 6) is -2.18. The fourth-order valence-electron chi connectivity index (χ4n) is 3.15. The first kappa shape index (κ1) is 16.8. The minimum atomic E-state index is -0.788. The molecule has 132 valence electrons. The van der Waals surface area contributed by atoms with Gasteiger partial charge in [0.25, 0.3) is 0 Å². The Balaban J connectivity index is 2.38. The zero-order valence-electron chi connectivity index (χ0n) is 14.2. The summed E-state index contributed by atoms with van der Waals surface area (Å²) in [7, 11) is 2.41. The van der Waals surface area contributed by atoms with Gasteiger partial charge in [0.2, 0.25) is 0 Å². The average Bonchev–Trinajstić information content (AvgIpc) is 3.22. The van der Waals surface area contributed by atoms with E-state index in [-0.39, 0.29) is 23.4 Å². The molecule has 0 bridgehead atoms. The molecule has 8 nitrogen and oxygen atoms in total. The molecule has 0 aliphatic carbocycles. The maximum Gasteiger partial charge on any atom is 0.355 e. The van der Waals surface area contributed by atoms with Gasteiger partial charge in [-0.15, -0.1) is 0 Å². The number of nitrogens with zero attached hydrogens (tertiary/aromatic N) is 2. The van der Waals surface area contributed by atoms with E-state index in [1.54, 1.807) is 11.5 Å². The van der Waals surface area contributed by atoms with E-state index in [1.807, 2.05) is 22.9 Å². The Hall–Kier alpha value is -3.03. The minimum Gasteiger partial charge on any atom is -0.465 e. The second-order valence-corrected chi connectivity index (χ2v) is 5.39. The largest absolute Gasteiger partial charge is 0.465 e. The van der Waals surface area contributed by atoms with E-state index in [9.17, 15) is 14.4 Å². The van der Waals surface area contributed by atoms with Crippen molar-refractivity contribution in [3.8, 4) is 11.4 Å². The predicted molar refractivity (Wildman–Crippen MR) is 86.5 cm³/mol. The summed E-state index contributed by atoms with van der Waals surface area (Å²) < 4.78 is 18.3. The van der Waals surface area contributed by atoms with Gasteiger partial charge in [-0.1, -0.05) is 0 Å². The molecule has 3 heterocycles. The molecule has 1 aliphatic rings. The molecular weight excluding hydrogens is 328 g/mol. The highest BCUT2D eigenvalue weighted by atomic mass is 16.5. The van der Waals surface area contributed by atoms with Gasteiger partial charge in [0, 0.05) is 19.3 Å². The molecule has 2 aromatic rings. The van der Waals surface area contributed by atoms with Gasteiger partial charge in [-0.2, -0.15) is 0 Å². The van der Waals surface area contributed by atoms with Crippen LogP contribution in [0.5, 0.6) is 0 Å². The van der Waals surface area contributed by atoms with Crippen molar-refractivity contribution in [2.75, 3.05) is 20.8 Å². The maximum absolute atomic E-state index is 12.5. The Morgan fingerprint density at radius 3 is 2.36 bits per heavy atom. The standard InChI is InChI=1S/C17H18N2O6/c1-4-25-17(22)14-12(16(21)24-3)11(15(20)23-2)13-10-6-5-7-18(10)8-9-19(13)14/h5-7H,4,8-9H2,1-3H3. The SMILES string of the molecule is CCOC(=O)c1c(C(=O)OC)c(C(=O)OC)c2n1CCn1cccc1-2. The molecule has 0 amide bonds. The molecule has 0 saturated carbocycles. The first-order chi connectivity index (χ1) is 12.0. The molecule has 1 aliphatic heterocycles. The Kier molecular flexibility index (Phi) is 4.35. The number of fused-ring (bicyclic) bond motifs is 3. The number of hydrogen-bond donors (Lipinski definition) is 0. The highest BCUT2D eigenvalue weighted by Crippen LogP contribution is 2.36. The zero-order chi connectivity index (χ0) is 18.1. The Bertz CT molecular complexity index is 861. The van der Waals surface area contributed by atoms with Crippen LogP contribution in [0.1, 0.15) is 38.1 Å². The van der Waals surface area contributed by atoms with Crippen LogP contribution in [0, 0.1) is 0 Å². The van der Waals surface area contributed by atoms with Crippen molar-refractivity contribution in [2.24, 2.45) is 0 Å². The topological polar surface area (TPSA) is 88.8 Å². The molecule has 0 fully saturated rings. The third-order valence-corrected chi connectivity index (χ3v) is 4.15. The number of aromatic nitrogens is 2. The summed E-state index contributed by atoms with van der Waals surface area (Å²) in [4.78, 5) is 37.4. The van der Waals surface area contributed by atoms with Gasteiger partial charge < -0.3 is 23.3 Å². The van der Waals surface area contributed by atoms with Crippen molar-refractivity contribution in [2.45, 2.75) is 20.0 Å². The first-order valence-electron chi connectivity index (χ1n) is 7.80. The summed E-state index contributed by atoms with van der Waals surface area (Å²) in [5, 5.41) is 0. The molecule has 2 aromatic heterocycles. The van der Waals surface area contributed by atoms with Crippen molar-refractivity contribution in [3.05, 3.63) is 35.2 Å². The first-order valence-corrected chi connectivity index (χ1v) is 7.80. The lowest BCUT2D eigenvalue weighted by Gasteiger charge is -2.21. The lowest BCUT2D eigenvalue weighted by atomic mass is 10.1. The number of carbonyl (C=O) groups is 3. The van der Waals surface area contributed by atoms with Gasteiger partial charge in [0.05, 0.1) is 32.2 Å². The van der Waals surface area contributed by atoms with E-state index < -0.39 is 17.9 Å². The lowest BCUT2D eigenvalue weighted by Crippen LogP contribution is -2.21. The van der Waals surface area contributed by atoms with Crippen LogP contribution >= 0.6 is 0 Å². The molecule has 25 heavy (non-hydrogen) atoms. The van der Waals surface area contributed by atoms with E-state index in [0.717, 1.165) is 0 Å². The summed E-state index contributed by atoms with van der Waals surface area (Å²) >= 11 is 0. The number of esters is 3. The third-order valence-electron chi connectivity index (χ3n) is 4.15. The van der Waals surface area contributed by atoms with Gasteiger partial charge in [0.1, 0.15) is 16.8 Å². The third kappa shape index (κ3) is 2.50. The smallest absolute Gasteiger partial charge is 0.355 e. The van der Waals surface area contributed by atoms with Crippen molar-refractivity contribution in [1.82, 2.24) is 9.13 Å². The molecule has 0 radical (unpaired) electrons. The Morgan fingerprint density at radius 2 is 1.72 bits per heavy atom. The molecule has 0 aromatic carbocycles. The van der Waals surface area contributed by atoms with E-state index in [2.05, 4.69) is 0 Å². The zero-order valence-corrected chi connectivity index (χ0v) is 14.2. The number of methoxy groups -OCH3 is 2. The molecule has 0 saturated heterocycles. The maximum atomic E-state index is 12.5. The highest BCUT2D eigenvalue weighted by Gasteiger charge is 2.38. The second-order valence-electron chi connectivity index (χ2n) is 5.39. The number of carbonyl (C=O) groups excluding carboxylic acids is 3. The molecule has 0 spiro atoms. The molecule has 0 N–H and O–H groups in total. The summed E-state index contributed by atoms with van der Waals surface area (Å²) in [6.45, 7) is 2.82. The van der Waals surface area contributed by atoms with Crippen LogP contribution in [-0.4, -0.2) is 47.9 Å². The van der Waals surface area contributed by atoms with Crippen LogP contribution in [0.3, 0.4) is 0 Å². The minimum absolute atomic E-state index is 0.0107. The van der Waals surface area contributed by atoms with Gasteiger partial charge in [-0.05, 0) is 19.1 Å². The molecule has 3 rings (SSSR count). The van der Waals surface area contributed by atoms with Gasteiger partial charge >= 0.3 is 17.9 Å². The lowest BCUT2D eigenvalue weighted by molar-refractivity contribution is 0.0490. The van der Waals surface area contributed by atoms with E-state index in [1.165, 1.54) is 14.2 Å². The van der Waals surface area contributed by atoms with E-state index >= 15 is 0 Å². The van der Waals surface area contributed by atoms with Crippen molar-refractivity contribution in [3.63, 3.8) is 0 Å². The highest BCUT2D eigenvalue weighted by molar-refractivity contribution is 6.13. The summed E-state index contributed by atoms with van der Waals surface area (Å²) in [5.41, 5.74) is 1.06. The number of rotatable bonds is 4. The second kappa shape index (κ2) is 6.46. The Morgan fingerprint density at radius 1 is 1.04 bits per heavy atom. The van der Waals surface area contributed by atoms with Crippen LogP contribution in [0.2, 0.25) is 0 Å². The van der Waals surface area contributed by atoms with E-state index in [4.69, 9.17) is 14.2 Å². The number of hydrogen-bond acceptors (Lipinski definition) is 6. The number of aryl methyl sites for hydroxylation is 1. The Labute approximate surface area is 143 Å².